The molecule has 2 aromatic heterocycles. The summed E-state index contributed by atoms with van der Waals surface area (Å²) in [5, 5.41) is 33.2. The minimum Gasteiger partial charge on any atom is -0.391 e. The second kappa shape index (κ2) is 45.4. The van der Waals surface area contributed by atoms with Gasteiger partial charge in [-0.2, -0.15) is 0 Å². The Hall–Kier alpha value is -10.9. The number of aliphatic hydroxyl groups excluding tert-OH is 2. The molecule has 724 valence electrons. The fraction of sp³-hybridized carbons (Fsp3) is 0.495. The molecule has 22 nitrogen and oxygen atoms in total. The van der Waals surface area contributed by atoms with E-state index in [4.69, 9.17) is 0 Å². The number of thiophene rings is 2. The van der Waals surface area contributed by atoms with Gasteiger partial charge >= 0.3 is 0 Å². The van der Waals surface area contributed by atoms with Gasteiger partial charge in [-0.05, 0) is 201 Å². The Labute approximate surface area is 808 Å². The molecule has 0 aliphatic carbocycles. The third-order valence-electron chi connectivity index (χ3n) is 27.5. The predicted octanol–water partition coefficient (Wildman–Crippen LogP) is 19.8. The number of carbonyl (C=O) groups is 12. The number of fused-ring (bicyclic) bond motifs is 3. The summed E-state index contributed by atoms with van der Waals surface area (Å²) in [6.45, 7) is 51.3. The summed E-state index contributed by atoms with van der Waals surface area (Å²) in [7, 11) is 0. The summed E-state index contributed by atoms with van der Waals surface area (Å²) >= 11 is 3.44. The number of hydrogen-bond donors (Lipinski definition) is 5. The number of benzene rings is 5. The molecule has 5 N–H and O–H groups in total. The van der Waals surface area contributed by atoms with E-state index < -0.39 is 47.0 Å². The molecule has 0 radical (unpaired) electrons. The third-order valence-corrected chi connectivity index (χ3v) is 29.6. The van der Waals surface area contributed by atoms with Gasteiger partial charge in [0.2, 0.25) is 29.5 Å². The van der Waals surface area contributed by atoms with E-state index in [-0.39, 0.29) is 152 Å². The Kier molecular flexibility index (Phi) is 35.7. The molecule has 5 saturated heterocycles. The predicted molar refractivity (Wildman–Crippen MR) is 536 cm³/mol. The minimum atomic E-state index is -0.729. The van der Waals surface area contributed by atoms with Crippen molar-refractivity contribution < 1.29 is 67.7 Å². The van der Waals surface area contributed by atoms with Gasteiger partial charge in [-0.3, -0.25) is 57.5 Å². The van der Waals surface area contributed by atoms with Gasteiger partial charge in [0.05, 0.1) is 24.3 Å². The number of allylic oxidation sites excluding steroid dienone is 3. The minimum absolute atomic E-state index is 0. The van der Waals surface area contributed by atoms with E-state index in [0.29, 0.717) is 75.9 Å². The first-order valence-corrected chi connectivity index (χ1v) is 49.5. The lowest BCUT2D eigenvalue weighted by Crippen LogP contribution is -2.49. The number of rotatable bonds is 24. The van der Waals surface area contributed by atoms with Crippen molar-refractivity contribution in [2.45, 2.75) is 308 Å². The van der Waals surface area contributed by atoms with Gasteiger partial charge < -0.3 is 50.7 Å². The zero-order valence-corrected chi connectivity index (χ0v) is 83.6. The molecular formula is C111H144N8O14S2. The number of piperidine rings is 3. The quantitative estimate of drug-likeness (QED) is 0.0376. The van der Waals surface area contributed by atoms with Crippen molar-refractivity contribution in [1.82, 2.24) is 40.4 Å². The van der Waals surface area contributed by atoms with Crippen LogP contribution >= 0.6 is 22.7 Å². The van der Waals surface area contributed by atoms with E-state index in [0.717, 1.165) is 86.4 Å². The largest absolute Gasteiger partial charge is 0.391 e. The second-order valence-electron chi connectivity index (χ2n) is 41.4. The van der Waals surface area contributed by atoms with E-state index in [9.17, 15) is 67.7 Å². The lowest BCUT2D eigenvalue weighted by molar-refractivity contribution is -0.146. The van der Waals surface area contributed by atoms with Gasteiger partial charge in [0.1, 0.15) is 29.7 Å². The Morgan fingerprint density at radius 2 is 0.867 bits per heavy atom. The molecule has 7 aromatic rings. The van der Waals surface area contributed by atoms with E-state index in [1.54, 1.807) is 47.2 Å². The summed E-state index contributed by atoms with van der Waals surface area (Å²) in [4.78, 5) is 164. The Balaban J connectivity index is 0.000000178. The Bertz CT molecular complexity index is 5540. The first-order valence-electron chi connectivity index (χ1n) is 47.7. The molecule has 5 aromatic carbocycles. The van der Waals surface area contributed by atoms with Crippen LogP contribution in [0.1, 0.15) is 313 Å². The second-order valence-corrected chi connectivity index (χ2v) is 43.2. The number of hydrogen-bond acceptors (Lipinski definition) is 16. The van der Waals surface area contributed by atoms with Crippen molar-refractivity contribution in [3.05, 3.63) is 235 Å². The Morgan fingerprint density at radius 3 is 1.29 bits per heavy atom. The van der Waals surface area contributed by atoms with Crippen LogP contribution < -0.4 is 16.0 Å². The normalized spacial score (nSPS) is 20.5. The smallest absolute Gasteiger partial charge is 0.255 e. The average Bonchev–Trinajstić information content (AvgIpc) is 1.57. The summed E-state index contributed by atoms with van der Waals surface area (Å²) < 4.78 is 0. The molecule has 0 spiro atoms. The van der Waals surface area contributed by atoms with Crippen LogP contribution in [0.5, 0.6) is 0 Å². The molecule has 10 atom stereocenters. The number of β-amino-alcohol motifs (C(OH)–C–C–N with tert-alkyl or cyclic N) is 2. The molecule has 15 rings (SSSR count). The molecule has 24 heteroatoms. The molecule has 3 unspecified atom stereocenters. The first kappa shape index (κ1) is 106. The van der Waals surface area contributed by atoms with Crippen LogP contribution in [-0.2, 0) is 69.2 Å². The molecule has 0 bridgehead atoms. The highest BCUT2D eigenvalue weighted by Crippen LogP contribution is 2.42. The number of nitrogens with zero attached hydrogens (tertiary/aromatic N) is 5. The molecule has 0 saturated carbocycles. The lowest BCUT2D eigenvalue weighted by Gasteiger charge is -2.35. The van der Waals surface area contributed by atoms with Gasteiger partial charge in [0.15, 0.2) is 11.6 Å². The van der Waals surface area contributed by atoms with Crippen molar-refractivity contribution in [1.29, 1.82) is 0 Å². The van der Waals surface area contributed by atoms with E-state index in [1.807, 2.05) is 113 Å². The van der Waals surface area contributed by atoms with Crippen LogP contribution in [0.25, 0.3) is 20.9 Å². The van der Waals surface area contributed by atoms with Gasteiger partial charge in [-0.1, -0.05) is 230 Å². The number of ketones is 4. The summed E-state index contributed by atoms with van der Waals surface area (Å²) in [5.41, 5.74) is 17.3. The number of likely N-dealkylation sites (tertiary alicyclic amines) is 2. The SMILES string of the molecule is C.C=C1CCC(N2Cc3c(cccc3C(C)C)C2=O)C(=O)N1.C=C1CCC(N2Cc3cc(C(C)C)ccc3C2=O)C(=O)N1.C=C1CCC(N2Cc3ccc(C(C)C)cc3C2=O)C(=O)N1.Cc1ccsc1-c1ccc(CCC(=O)[C@@H]2C[C@@H](O)CN2C(=O)[C@@H](CC(=O)C(C)C)C(C)(C)C)cc1.Cc1ccsc1-c1ccc([C@H](C)CC(=O)[C@@H]2C[C@@H](O)CN2C(=O)[C@@H](CC(=O)C(C)C)C(C)(C)C)cc1. The highest BCUT2D eigenvalue weighted by atomic mass is 32.1. The molecule has 8 amide bonds. The van der Waals surface area contributed by atoms with Crippen molar-refractivity contribution in [3.8, 4) is 20.9 Å². The maximum absolute atomic E-state index is 13.7. The van der Waals surface area contributed by atoms with Gasteiger partial charge in [0.25, 0.3) is 17.7 Å². The first-order chi connectivity index (χ1) is 63.1. The summed E-state index contributed by atoms with van der Waals surface area (Å²) in [5.74, 6) is -0.980. The standard InChI is InChI=1S/C30H41NO4S.C29H39NO4S.3C17H20N2O2.CH4/c1-18(2)26(33)16-24(30(5,6)7)29(35)31-17-23(32)15-25(31)27(34)14-20(4)21-8-10-22(11-9-21)28-19(3)12-13-36-28;1-18(2)26(33)16-23(29(4,5)6)28(34)30-17-22(31)15-24(30)25(32)12-9-20-7-10-21(11-8-20)27-19(3)13-14-35-27;1-10(2)12-5-6-14-13(8-12)9-19(17(14)21)15-7-4-11(3)18-16(15)20;1-10(2)12-5-6-13-9-19(17(21)14(13)8-12)15-7-4-11(3)18-16(15)20;1-10(2)12-5-4-6-13-14(12)9-19(17(13)21)15-8-7-11(3)18-16(15)20;/h8-13,18,20,23-25,32H,14-17H2,1-7H3;7-8,10-11,13-14,18,22-24,31H,9,12,15-17H2,1-6H3;2*5-6,8,10,15H,3-4,7,9H2,1-2H3,(H,18,20);4-6,10,15H,3,7-9H2,1-2H3,(H,18,20);1H4/t20-,23-,24-,25+;22-,23-,24+;;;;/m11..../s1. The van der Waals surface area contributed by atoms with E-state index >= 15 is 0 Å². The van der Waals surface area contributed by atoms with Gasteiger partial charge in [-0.15, -0.1) is 22.7 Å². The number of amides is 8. The summed E-state index contributed by atoms with van der Waals surface area (Å²) in [6, 6.07) is 36.4. The van der Waals surface area contributed by atoms with Crippen LogP contribution in [0, 0.1) is 48.3 Å². The van der Waals surface area contributed by atoms with E-state index in [1.165, 1.54) is 43.1 Å². The van der Waals surface area contributed by atoms with Crippen LogP contribution in [0.15, 0.2) is 163 Å². The van der Waals surface area contributed by atoms with Crippen molar-refractivity contribution in [2.24, 2.45) is 34.5 Å². The zero-order valence-electron chi connectivity index (χ0n) is 82.0. The number of aliphatic hydroxyl groups is 2. The zero-order chi connectivity index (χ0) is 98.1. The van der Waals surface area contributed by atoms with Crippen LogP contribution in [0.4, 0.5) is 0 Å². The van der Waals surface area contributed by atoms with Crippen molar-refractivity contribution in [2.75, 3.05) is 13.1 Å². The number of carbonyl (C=O) groups excluding carboxylic acids is 12. The van der Waals surface area contributed by atoms with Gasteiger partial charge in [-0.25, -0.2) is 0 Å². The lowest BCUT2D eigenvalue weighted by atomic mass is 9.75. The number of aryl methyl sites for hydroxylation is 3. The third kappa shape index (κ3) is 25.7. The van der Waals surface area contributed by atoms with Gasteiger partial charge in [0, 0.05) is 138 Å². The number of Topliss-reactive ketones (excluding diaryl/α,β-unsaturated/α-hetero) is 4. The van der Waals surface area contributed by atoms with Crippen LogP contribution in [0.2, 0.25) is 0 Å². The topological polar surface area (TPSA) is 298 Å². The fourth-order valence-electron chi connectivity index (χ4n) is 18.9. The Morgan fingerprint density at radius 1 is 0.459 bits per heavy atom. The monoisotopic (exact) mass is 1880 g/mol. The molecule has 8 aliphatic heterocycles. The molecule has 5 fully saturated rings. The fourth-order valence-corrected chi connectivity index (χ4v) is 20.8. The highest BCUT2D eigenvalue weighted by molar-refractivity contribution is 7.14. The molecule has 135 heavy (non-hydrogen) atoms. The molecular weight excluding hydrogens is 1730 g/mol. The van der Waals surface area contributed by atoms with E-state index in [2.05, 4.69) is 181 Å². The van der Waals surface area contributed by atoms with Crippen molar-refractivity contribution >= 4 is 93.1 Å². The van der Waals surface area contributed by atoms with Crippen molar-refractivity contribution in [3.63, 3.8) is 0 Å². The average molecular weight is 1880 g/mol. The highest BCUT2D eigenvalue weighted by Gasteiger charge is 2.48. The number of nitrogens with one attached hydrogen (secondary N) is 3. The maximum Gasteiger partial charge on any atom is 0.255 e. The van der Waals surface area contributed by atoms with Crippen LogP contribution in [-0.4, -0.2) is 161 Å². The molecule has 10 heterocycles. The molecule has 8 aliphatic rings. The van der Waals surface area contributed by atoms with Crippen LogP contribution in [0.3, 0.4) is 0 Å². The summed E-state index contributed by atoms with van der Waals surface area (Å²) in [6.07, 6.45) is 4.72. The maximum atomic E-state index is 13.7.